The van der Waals surface area contributed by atoms with Gasteiger partial charge < -0.3 is 5.32 Å². The smallest absolute Gasteiger partial charge is 0.0255 e. The summed E-state index contributed by atoms with van der Waals surface area (Å²) >= 11 is 0. The first kappa shape index (κ1) is 8.31. The highest BCUT2D eigenvalue weighted by Gasteiger charge is 2.42. The minimum atomic E-state index is 0.546. The van der Waals surface area contributed by atoms with Gasteiger partial charge in [-0.05, 0) is 23.7 Å². The standard InChI is InChI=1S/C11H19N/c1-8(2)11(3)6-10-5-4-9(11)7-12-10/h4-5,8-10,12H,6-7H2,1-3H3. The monoisotopic (exact) mass is 165 g/mol. The van der Waals surface area contributed by atoms with Crippen molar-refractivity contribution in [3.05, 3.63) is 12.2 Å². The highest BCUT2D eigenvalue weighted by Crippen LogP contribution is 2.45. The minimum Gasteiger partial charge on any atom is -0.310 e. The Hall–Kier alpha value is -0.300. The fraction of sp³-hybridized carbons (Fsp3) is 0.818. The van der Waals surface area contributed by atoms with Crippen molar-refractivity contribution in [1.82, 2.24) is 5.32 Å². The first-order chi connectivity index (χ1) is 5.63. The van der Waals surface area contributed by atoms with Crippen LogP contribution in [0, 0.1) is 17.3 Å². The van der Waals surface area contributed by atoms with Crippen LogP contribution in [0.25, 0.3) is 0 Å². The van der Waals surface area contributed by atoms with Crippen molar-refractivity contribution in [3.63, 3.8) is 0 Å². The molecule has 1 aliphatic carbocycles. The van der Waals surface area contributed by atoms with Gasteiger partial charge in [-0.2, -0.15) is 0 Å². The second-order valence-electron chi connectivity index (χ2n) is 4.87. The molecule has 3 rings (SSSR count). The highest BCUT2D eigenvalue weighted by atomic mass is 14.9. The molecule has 0 amide bonds. The molecule has 0 radical (unpaired) electrons. The predicted molar refractivity (Wildman–Crippen MR) is 52.0 cm³/mol. The van der Waals surface area contributed by atoms with E-state index in [1.807, 2.05) is 0 Å². The van der Waals surface area contributed by atoms with E-state index >= 15 is 0 Å². The maximum atomic E-state index is 3.54. The molecule has 3 atom stereocenters. The highest BCUT2D eigenvalue weighted by molar-refractivity contribution is 5.14. The zero-order valence-corrected chi connectivity index (χ0v) is 8.30. The molecule has 3 unspecified atom stereocenters. The van der Waals surface area contributed by atoms with Crippen molar-refractivity contribution in [2.45, 2.75) is 33.2 Å². The van der Waals surface area contributed by atoms with Crippen molar-refractivity contribution < 1.29 is 0 Å². The van der Waals surface area contributed by atoms with E-state index in [1.165, 1.54) is 13.0 Å². The van der Waals surface area contributed by atoms with Crippen molar-refractivity contribution in [3.8, 4) is 0 Å². The third-order valence-electron chi connectivity index (χ3n) is 4.00. The average Bonchev–Trinajstić information content (AvgIpc) is 2.05. The van der Waals surface area contributed by atoms with E-state index in [9.17, 15) is 0 Å². The van der Waals surface area contributed by atoms with Crippen LogP contribution in [0.5, 0.6) is 0 Å². The van der Waals surface area contributed by atoms with Gasteiger partial charge in [0.2, 0.25) is 0 Å². The van der Waals surface area contributed by atoms with E-state index in [1.54, 1.807) is 0 Å². The molecule has 0 spiro atoms. The topological polar surface area (TPSA) is 12.0 Å². The van der Waals surface area contributed by atoms with Crippen LogP contribution in [0.4, 0.5) is 0 Å². The molecule has 0 aromatic heterocycles. The van der Waals surface area contributed by atoms with E-state index in [0.717, 1.165) is 11.8 Å². The van der Waals surface area contributed by atoms with E-state index in [-0.39, 0.29) is 0 Å². The van der Waals surface area contributed by atoms with Gasteiger partial charge >= 0.3 is 0 Å². The lowest BCUT2D eigenvalue weighted by molar-refractivity contribution is 0.0751. The van der Waals surface area contributed by atoms with Crippen LogP contribution in [0.1, 0.15) is 27.2 Å². The molecular formula is C11H19N. The van der Waals surface area contributed by atoms with Gasteiger partial charge in [-0.15, -0.1) is 0 Å². The van der Waals surface area contributed by atoms with Crippen LogP contribution in [-0.4, -0.2) is 12.6 Å². The summed E-state index contributed by atoms with van der Waals surface area (Å²) in [6, 6.07) is 0.655. The zero-order valence-electron chi connectivity index (χ0n) is 8.30. The summed E-state index contributed by atoms with van der Waals surface area (Å²) in [5.74, 6) is 1.57. The van der Waals surface area contributed by atoms with Crippen molar-refractivity contribution in [2.75, 3.05) is 6.54 Å². The molecule has 0 aromatic rings. The molecule has 1 nitrogen and oxygen atoms in total. The molecule has 0 aromatic carbocycles. The SMILES string of the molecule is CC(C)C1(C)CC2C=CC1CN2. The van der Waals surface area contributed by atoms with Crippen molar-refractivity contribution in [2.24, 2.45) is 17.3 Å². The third kappa shape index (κ3) is 1.03. The lowest BCUT2D eigenvalue weighted by Crippen LogP contribution is -2.53. The zero-order chi connectivity index (χ0) is 8.77. The maximum Gasteiger partial charge on any atom is 0.0255 e. The summed E-state index contributed by atoms with van der Waals surface area (Å²) in [4.78, 5) is 0. The van der Waals surface area contributed by atoms with Gasteiger partial charge in [-0.1, -0.05) is 32.9 Å². The Bertz CT molecular complexity index is 207. The van der Waals surface area contributed by atoms with Gasteiger partial charge in [0.25, 0.3) is 0 Å². The quantitative estimate of drug-likeness (QED) is 0.587. The number of piperidine rings is 1. The van der Waals surface area contributed by atoms with Crippen molar-refractivity contribution >= 4 is 0 Å². The molecular weight excluding hydrogens is 146 g/mol. The van der Waals surface area contributed by atoms with Gasteiger partial charge in [0.1, 0.15) is 0 Å². The molecule has 1 N–H and O–H groups in total. The van der Waals surface area contributed by atoms with Crippen LogP contribution in [-0.2, 0) is 0 Å². The first-order valence-corrected chi connectivity index (χ1v) is 5.04. The number of rotatable bonds is 1. The minimum absolute atomic E-state index is 0.546. The Balaban J connectivity index is 2.25. The fourth-order valence-electron chi connectivity index (χ4n) is 2.56. The molecule has 2 bridgehead atoms. The summed E-state index contributed by atoms with van der Waals surface area (Å²) in [6.45, 7) is 8.35. The van der Waals surface area contributed by atoms with E-state index in [4.69, 9.17) is 0 Å². The number of hydrogen-bond donors (Lipinski definition) is 1. The first-order valence-electron chi connectivity index (χ1n) is 5.04. The number of nitrogens with one attached hydrogen (secondary N) is 1. The molecule has 1 fully saturated rings. The maximum absolute atomic E-state index is 3.54. The lowest BCUT2D eigenvalue weighted by atomic mass is 9.61. The Morgan fingerprint density at radius 1 is 1.42 bits per heavy atom. The summed E-state index contributed by atoms with van der Waals surface area (Å²) in [5, 5.41) is 3.54. The van der Waals surface area contributed by atoms with E-state index in [2.05, 4.69) is 38.2 Å². The summed E-state index contributed by atoms with van der Waals surface area (Å²) in [7, 11) is 0. The van der Waals surface area contributed by atoms with Crippen LogP contribution < -0.4 is 5.32 Å². The summed E-state index contributed by atoms with van der Waals surface area (Å²) in [6.07, 6.45) is 6.09. The molecule has 12 heavy (non-hydrogen) atoms. The summed E-state index contributed by atoms with van der Waals surface area (Å²) < 4.78 is 0. The number of fused-ring (bicyclic) bond motifs is 2. The Morgan fingerprint density at radius 3 is 2.42 bits per heavy atom. The van der Waals surface area contributed by atoms with E-state index < -0.39 is 0 Å². The predicted octanol–water partition coefficient (Wildman–Crippen LogP) is 2.20. The fourth-order valence-corrected chi connectivity index (χ4v) is 2.56. The second-order valence-corrected chi connectivity index (χ2v) is 4.87. The Kier molecular flexibility index (Phi) is 1.80. The van der Waals surface area contributed by atoms with E-state index in [0.29, 0.717) is 11.5 Å². The third-order valence-corrected chi connectivity index (χ3v) is 4.00. The van der Waals surface area contributed by atoms with Crippen molar-refractivity contribution in [1.29, 1.82) is 0 Å². The average molecular weight is 165 g/mol. The molecule has 2 heterocycles. The van der Waals surface area contributed by atoms with Gasteiger partial charge in [0.15, 0.2) is 0 Å². The van der Waals surface area contributed by atoms with Crippen LogP contribution in [0.15, 0.2) is 12.2 Å². The summed E-state index contributed by atoms with van der Waals surface area (Å²) in [5.41, 5.74) is 0.546. The molecule has 1 heteroatoms. The molecule has 3 aliphatic rings. The Morgan fingerprint density at radius 2 is 2.17 bits per heavy atom. The van der Waals surface area contributed by atoms with Crippen LogP contribution in [0.3, 0.4) is 0 Å². The normalized spacial score (nSPS) is 45.7. The Labute approximate surface area is 75.2 Å². The largest absolute Gasteiger partial charge is 0.310 e. The van der Waals surface area contributed by atoms with Gasteiger partial charge in [-0.25, -0.2) is 0 Å². The molecule has 1 saturated heterocycles. The van der Waals surface area contributed by atoms with Gasteiger partial charge in [-0.3, -0.25) is 0 Å². The van der Waals surface area contributed by atoms with Gasteiger partial charge in [0.05, 0.1) is 0 Å². The molecule has 2 aliphatic heterocycles. The van der Waals surface area contributed by atoms with Crippen LogP contribution in [0.2, 0.25) is 0 Å². The second kappa shape index (κ2) is 2.59. The van der Waals surface area contributed by atoms with Gasteiger partial charge in [0, 0.05) is 12.6 Å². The lowest BCUT2D eigenvalue weighted by Gasteiger charge is -2.49. The molecule has 0 saturated carbocycles. The number of hydrogen-bond acceptors (Lipinski definition) is 1. The van der Waals surface area contributed by atoms with Crippen LogP contribution >= 0.6 is 0 Å². The molecule has 68 valence electrons.